The molecule has 0 spiro atoms. The Bertz CT molecular complexity index is 427. The van der Waals surface area contributed by atoms with Crippen LogP contribution in [0.15, 0.2) is 6.07 Å². The minimum atomic E-state index is -2.76. The zero-order valence-corrected chi connectivity index (χ0v) is 10.6. The molecule has 0 aliphatic rings. The van der Waals surface area contributed by atoms with E-state index < -0.39 is 18.0 Å². The van der Waals surface area contributed by atoms with E-state index >= 15 is 0 Å². The molecule has 7 heteroatoms. The van der Waals surface area contributed by atoms with Crippen molar-refractivity contribution < 1.29 is 18.3 Å². The van der Waals surface area contributed by atoms with E-state index in [4.69, 9.17) is 10.5 Å². The van der Waals surface area contributed by atoms with Crippen LogP contribution in [-0.2, 0) is 10.1 Å². The smallest absolute Gasteiger partial charge is 0.356 e. The molecule has 1 rings (SSSR count). The Morgan fingerprint density at radius 3 is 2.76 bits per heavy atom. The van der Waals surface area contributed by atoms with E-state index in [9.17, 15) is 13.6 Å². The first kappa shape index (κ1) is 13.8. The fourth-order valence-electron chi connectivity index (χ4n) is 1.22. The molecule has 1 aromatic rings. The number of aromatic nitrogens is 1. The van der Waals surface area contributed by atoms with Crippen LogP contribution < -0.4 is 5.73 Å². The zero-order chi connectivity index (χ0) is 13.0. The normalized spacial score (nSPS) is 10.6. The van der Waals surface area contributed by atoms with E-state index in [0.717, 1.165) is 6.07 Å². The number of nitrogens with two attached hydrogens (primary N) is 1. The Kier molecular flexibility index (Phi) is 4.80. The number of alkyl halides is 3. The van der Waals surface area contributed by atoms with E-state index in [1.807, 2.05) is 0 Å². The third-order valence-electron chi connectivity index (χ3n) is 2.02. The summed E-state index contributed by atoms with van der Waals surface area (Å²) in [4.78, 5) is 15.3. The van der Waals surface area contributed by atoms with Gasteiger partial charge in [-0.1, -0.05) is 15.9 Å². The molecule has 0 amide bonds. The lowest BCUT2D eigenvalue weighted by Crippen LogP contribution is -2.12. The molecule has 4 nitrogen and oxygen atoms in total. The van der Waals surface area contributed by atoms with Crippen molar-refractivity contribution in [3.63, 3.8) is 0 Å². The lowest BCUT2D eigenvalue weighted by atomic mass is 10.1. The fourth-order valence-corrected chi connectivity index (χ4v) is 1.65. The van der Waals surface area contributed by atoms with Gasteiger partial charge in [0.2, 0.25) is 0 Å². The highest BCUT2D eigenvalue weighted by molar-refractivity contribution is 9.08. The molecule has 0 bridgehead atoms. The molecule has 17 heavy (non-hydrogen) atoms. The molecule has 2 N–H and O–H groups in total. The molecule has 0 saturated heterocycles. The van der Waals surface area contributed by atoms with Crippen LogP contribution in [0.4, 0.5) is 14.5 Å². The van der Waals surface area contributed by atoms with Crippen LogP contribution >= 0.6 is 15.9 Å². The number of nitrogens with zero attached hydrogens (tertiary/aromatic N) is 1. The summed E-state index contributed by atoms with van der Waals surface area (Å²) in [5.41, 5.74) is 5.04. The molecule has 0 aromatic carbocycles. The summed E-state index contributed by atoms with van der Waals surface area (Å²) in [6.45, 7) is 1.77. The quantitative estimate of drug-likeness (QED) is 0.686. The molecular formula is C10H11BrF2N2O2. The molecule has 1 aromatic heterocycles. The second-order valence-electron chi connectivity index (χ2n) is 3.11. The van der Waals surface area contributed by atoms with E-state index in [0.29, 0.717) is 0 Å². The van der Waals surface area contributed by atoms with Gasteiger partial charge >= 0.3 is 5.97 Å². The first-order chi connectivity index (χ1) is 8.01. The number of hydrogen-bond acceptors (Lipinski definition) is 4. The van der Waals surface area contributed by atoms with Gasteiger partial charge < -0.3 is 10.5 Å². The SMILES string of the molecule is CCOC(=O)c1cc(C(F)F)c(N)c(CBr)n1. The summed E-state index contributed by atoms with van der Waals surface area (Å²) in [5.74, 6) is -0.739. The number of esters is 1. The predicted molar refractivity (Wildman–Crippen MR) is 62.2 cm³/mol. The predicted octanol–water partition coefficient (Wildman–Crippen LogP) is 2.67. The zero-order valence-electron chi connectivity index (χ0n) is 9.04. The Labute approximate surface area is 105 Å². The summed E-state index contributed by atoms with van der Waals surface area (Å²) in [6.07, 6.45) is -2.76. The van der Waals surface area contributed by atoms with Gasteiger partial charge in [-0.05, 0) is 13.0 Å². The van der Waals surface area contributed by atoms with Gasteiger partial charge in [-0.25, -0.2) is 18.6 Å². The first-order valence-corrected chi connectivity index (χ1v) is 5.93. The Balaban J connectivity index is 3.25. The van der Waals surface area contributed by atoms with Crippen molar-refractivity contribution >= 4 is 27.6 Å². The van der Waals surface area contributed by atoms with Crippen LogP contribution in [0.1, 0.15) is 35.1 Å². The van der Waals surface area contributed by atoms with Crippen molar-refractivity contribution in [1.82, 2.24) is 4.98 Å². The first-order valence-electron chi connectivity index (χ1n) is 4.81. The maximum atomic E-state index is 12.7. The largest absolute Gasteiger partial charge is 0.461 e. The number of pyridine rings is 1. The minimum absolute atomic E-state index is 0.107. The highest BCUT2D eigenvalue weighted by atomic mass is 79.9. The molecule has 94 valence electrons. The van der Waals surface area contributed by atoms with Crippen molar-refractivity contribution in [2.45, 2.75) is 18.7 Å². The van der Waals surface area contributed by atoms with Gasteiger partial charge in [0.15, 0.2) is 0 Å². The monoisotopic (exact) mass is 308 g/mol. The molecule has 0 atom stereocenters. The highest BCUT2D eigenvalue weighted by Crippen LogP contribution is 2.28. The summed E-state index contributed by atoms with van der Waals surface area (Å²) in [6, 6.07) is 0.962. The standard InChI is InChI=1S/C10H11BrF2N2O2/c1-2-17-10(16)6-3-5(9(12)13)8(14)7(4-11)15-6/h3,9H,2,4,14H2,1H3. The maximum Gasteiger partial charge on any atom is 0.356 e. The number of carbonyl (C=O) groups is 1. The highest BCUT2D eigenvalue weighted by Gasteiger charge is 2.20. The van der Waals surface area contributed by atoms with E-state index in [1.54, 1.807) is 6.92 Å². The van der Waals surface area contributed by atoms with Crippen molar-refractivity contribution in [3.05, 3.63) is 23.0 Å². The number of ether oxygens (including phenoxy) is 1. The van der Waals surface area contributed by atoms with Crippen molar-refractivity contribution in [3.8, 4) is 0 Å². The van der Waals surface area contributed by atoms with Gasteiger partial charge in [0.05, 0.1) is 18.0 Å². The molecule has 0 saturated carbocycles. The van der Waals surface area contributed by atoms with Gasteiger partial charge in [0, 0.05) is 10.9 Å². The summed E-state index contributed by atoms with van der Waals surface area (Å²) >= 11 is 3.07. The molecular weight excluding hydrogens is 298 g/mol. The van der Waals surface area contributed by atoms with Crippen LogP contribution in [-0.4, -0.2) is 17.6 Å². The third kappa shape index (κ3) is 3.12. The number of hydrogen-bond donors (Lipinski definition) is 1. The summed E-state index contributed by atoms with van der Waals surface area (Å²) in [5, 5.41) is 0.186. The molecule has 0 radical (unpaired) electrons. The van der Waals surface area contributed by atoms with Crippen LogP contribution in [0.2, 0.25) is 0 Å². The average Bonchev–Trinajstić information content (AvgIpc) is 2.29. The van der Waals surface area contributed by atoms with Crippen LogP contribution in [0.25, 0.3) is 0 Å². The van der Waals surface area contributed by atoms with E-state index in [2.05, 4.69) is 20.9 Å². The molecule has 0 unspecified atom stereocenters. The molecule has 0 aliphatic carbocycles. The summed E-state index contributed by atoms with van der Waals surface area (Å²) < 4.78 is 30.1. The third-order valence-corrected chi connectivity index (χ3v) is 2.55. The van der Waals surface area contributed by atoms with Gasteiger partial charge in [0.1, 0.15) is 5.69 Å². The second-order valence-corrected chi connectivity index (χ2v) is 3.67. The Morgan fingerprint density at radius 1 is 1.65 bits per heavy atom. The fraction of sp³-hybridized carbons (Fsp3) is 0.400. The lowest BCUT2D eigenvalue weighted by Gasteiger charge is -2.10. The maximum absolute atomic E-state index is 12.7. The van der Waals surface area contributed by atoms with Gasteiger partial charge in [-0.3, -0.25) is 0 Å². The van der Waals surface area contributed by atoms with Crippen molar-refractivity contribution in [2.24, 2.45) is 0 Å². The Morgan fingerprint density at radius 2 is 2.29 bits per heavy atom. The van der Waals surface area contributed by atoms with Crippen molar-refractivity contribution in [2.75, 3.05) is 12.3 Å². The van der Waals surface area contributed by atoms with Gasteiger partial charge in [-0.2, -0.15) is 0 Å². The number of rotatable bonds is 4. The number of halogens is 3. The number of carbonyl (C=O) groups excluding carboxylic acids is 1. The van der Waals surface area contributed by atoms with Gasteiger partial charge in [-0.15, -0.1) is 0 Å². The van der Waals surface area contributed by atoms with Crippen LogP contribution in [0.5, 0.6) is 0 Å². The number of nitrogen functional groups attached to an aromatic ring is 1. The van der Waals surface area contributed by atoms with E-state index in [-0.39, 0.29) is 29.0 Å². The molecule has 1 heterocycles. The minimum Gasteiger partial charge on any atom is -0.461 e. The average molecular weight is 309 g/mol. The van der Waals surface area contributed by atoms with E-state index in [1.165, 1.54) is 0 Å². The second kappa shape index (κ2) is 5.90. The Hall–Kier alpha value is -1.24. The lowest BCUT2D eigenvalue weighted by molar-refractivity contribution is 0.0518. The van der Waals surface area contributed by atoms with Crippen LogP contribution in [0, 0.1) is 0 Å². The molecule has 0 aliphatic heterocycles. The molecule has 0 fully saturated rings. The van der Waals surface area contributed by atoms with Crippen LogP contribution in [0.3, 0.4) is 0 Å². The topological polar surface area (TPSA) is 65.2 Å². The summed E-state index contributed by atoms with van der Waals surface area (Å²) in [7, 11) is 0. The van der Waals surface area contributed by atoms with Crippen molar-refractivity contribution in [1.29, 1.82) is 0 Å². The van der Waals surface area contributed by atoms with Gasteiger partial charge in [0.25, 0.3) is 6.43 Å². The number of anilines is 1.